The van der Waals surface area contributed by atoms with Crippen LogP contribution >= 0.6 is 35.3 Å². The molecule has 2 aromatic rings. The van der Waals surface area contributed by atoms with Crippen LogP contribution in [0.3, 0.4) is 0 Å². The molecular weight excluding hydrogens is 273 g/mol. The van der Waals surface area contributed by atoms with E-state index in [2.05, 4.69) is 22.4 Å². The van der Waals surface area contributed by atoms with Crippen molar-refractivity contribution in [1.29, 1.82) is 0 Å². The summed E-state index contributed by atoms with van der Waals surface area (Å²) in [5.74, 6) is 0. The van der Waals surface area contributed by atoms with Gasteiger partial charge in [0.05, 0.1) is 10.7 Å². The van der Waals surface area contributed by atoms with E-state index in [9.17, 15) is 0 Å². The predicted octanol–water partition coefficient (Wildman–Crippen LogP) is 4.39. The molecule has 0 aliphatic carbocycles. The second-order valence-electron chi connectivity index (χ2n) is 3.99. The summed E-state index contributed by atoms with van der Waals surface area (Å²) in [6, 6.07) is 10.3. The highest BCUT2D eigenvalue weighted by molar-refractivity contribution is 7.10. The van der Waals surface area contributed by atoms with Crippen molar-refractivity contribution in [2.45, 2.75) is 13.0 Å². The lowest BCUT2D eigenvalue weighted by Gasteiger charge is -2.29. The Hall–Kier alpha value is -0.700. The molecule has 0 N–H and O–H groups in total. The van der Waals surface area contributed by atoms with Gasteiger partial charge in [0.2, 0.25) is 0 Å². The summed E-state index contributed by atoms with van der Waals surface area (Å²) in [7, 11) is 0. The maximum atomic E-state index is 6.22. The molecule has 0 spiro atoms. The number of nitrogens with zero attached hydrogens (tertiary/aromatic N) is 1. The minimum absolute atomic E-state index is 0. The summed E-state index contributed by atoms with van der Waals surface area (Å²) in [6.07, 6.45) is 1.14. The average molecular weight is 286 g/mol. The second-order valence-corrected chi connectivity index (χ2v) is 5.40. The number of thiophene rings is 1. The lowest BCUT2D eigenvalue weighted by atomic mass is 10.1. The Labute approximate surface area is 116 Å². The molecule has 17 heavy (non-hydrogen) atoms. The van der Waals surface area contributed by atoms with Crippen molar-refractivity contribution in [2.24, 2.45) is 0 Å². The normalized spacial score (nSPS) is 14.1. The van der Waals surface area contributed by atoms with Crippen LogP contribution in [0.15, 0.2) is 35.7 Å². The Balaban J connectivity index is 0.00000108. The first-order valence-electron chi connectivity index (χ1n) is 5.39. The van der Waals surface area contributed by atoms with Crippen LogP contribution in [-0.4, -0.2) is 6.54 Å². The van der Waals surface area contributed by atoms with Crippen LogP contribution in [0.1, 0.15) is 10.4 Å². The zero-order valence-electron chi connectivity index (χ0n) is 9.23. The highest BCUT2D eigenvalue weighted by Gasteiger charge is 2.18. The van der Waals surface area contributed by atoms with Crippen LogP contribution in [0.4, 0.5) is 5.69 Å². The molecule has 90 valence electrons. The van der Waals surface area contributed by atoms with Crippen molar-refractivity contribution in [2.75, 3.05) is 11.4 Å². The monoisotopic (exact) mass is 285 g/mol. The van der Waals surface area contributed by atoms with E-state index < -0.39 is 0 Å². The quantitative estimate of drug-likeness (QED) is 0.751. The van der Waals surface area contributed by atoms with E-state index in [0.29, 0.717) is 0 Å². The van der Waals surface area contributed by atoms with Gasteiger partial charge >= 0.3 is 0 Å². The molecule has 1 aliphatic heterocycles. The molecule has 0 fully saturated rings. The van der Waals surface area contributed by atoms with E-state index in [4.69, 9.17) is 11.6 Å². The summed E-state index contributed by atoms with van der Waals surface area (Å²) in [5.41, 5.74) is 2.61. The zero-order chi connectivity index (χ0) is 11.0. The highest BCUT2D eigenvalue weighted by Crippen LogP contribution is 2.31. The highest BCUT2D eigenvalue weighted by atomic mass is 35.5. The third-order valence-electron chi connectivity index (χ3n) is 3.00. The van der Waals surface area contributed by atoms with Crippen molar-refractivity contribution in [1.82, 2.24) is 0 Å². The number of benzene rings is 1. The van der Waals surface area contributed by atoms with E-state index >= 15 is 0 Å². The van der Waals surface area contributed by atoms with Gasteiger partial charge in [0.25, 0.3) is 0 Å². The molecule has 0 saturated carbocycles. The van der Waals surface area contributed by atoms with E-state index in [0.717, 1.165) is 30.2 Å². The summed E-state index contributed by atoms with van der Waals surface area (Å²) in [4.78, 5) is 3.89. The van der Waals surface area contributed by atoms with Gasteiger partial charge in [-0.25, -0.2) is 0 Å². The largest absolute Gasteiger partial charge is 0.366 e. The van der Waals surface area contributed by atoms with E-state index in [1.165, 1.54) is 10.4 Å². The van der Waals surface area contributed by atoms with Crippen LogP contribution in [0.5, 0.6) is 0 Å². The first kappa shape index (κ1) is 12.7. The zero-order valence-corrected chi connectivity index (χ0v) is 11.6. The summed E-state index contributed by atoms with van der Waals surface area (Å²) in [5, 5.41) is 3.03. The molecule has 1 aromatic carbocycles. The van der Waals surface area contributed by atoms with Crippen LogP contribution in [0.25, 0.3) is 0 Å². The molecule has 0 unspecified atom stereocenters. The van der Waals surface area contributed by atoms with Crippen molar-refractivity contribution in [3.63, 3.8) is 0 Å². The first-order valence-corrected chi connectivity index (χ1v) is 6.65. The van der Waals surface area contributed by atoms with Gasteiger partial charge in [0.15, 0.2) is 0 Å². The van der Waals surface area contributed by atoms with Crippen LogP contribution in [-0.2, 0) is 13.0 Å². The Bertz CT molecular complexity index is 510. The average Bonchev–Trinajstić information content (AvgIpc) is 2.76. The molecular formula is C13H13Cl2NS. The Kier molecular flexibility index (Phi) is 3.97. The fraction of sp³-hybridized carbons (Fsp3) is 0.231. The molecule has 3 rings (SSSR count). The fourth-order valence-corrected chi connectivity index (χ4v) is 3.31. The standard InChI is InChI=1S/C13H12ClNS.ClH/c14-11-3-1-2-4-12(11)15-7-5-13-10(9-15)6-8-16-13;/h1-4,6,8H,5,7,9H2;1H. The summed E-state index contributed by atoms with van der Waals surface area (Å²) in [6.45, 7) is 2.06. The molecule has 0 atom stereocenters. The van der Waals surface area contributed by atoms with Crippen molar-refractivity contribution < 1.29 is 0 Å². The van der Waals surface area contributed by atoms with Gasteiger partial charge in [-0.2, -0.15) is 0 Å². The Morgan fingerprint density at radius 2 is 2.00 bits per heavy atom. The van der Waals surface area contributed by atoms with Gasteiger partial charge in [-0.05, 0) is 35.6 Å². The molecule has 0 bridgehead atoms. The molecule has 1 aromatic heterocycles. The minimum atomic E-state index is 0. The maximum absolute atomic E-state index is 6.22. The smallest absolute Gasteiger partial charge is 0.0639 e. The number of rotatable bonds is 1. The Morgan fingerprint density at radius 3 is 2.82 bits per heavy atom. The van der Waals surface area contributed by atoms with E-state index in [-0.39, 0.29) is 12.4 Å². The molecule has 0 radical (unpaired) electrons. The summed E-state index contributed by atoms with van der Waals surface area (Å²) < 4.78 is 0. The number of hydrogen-bond acceptors (Lipinski definition) is 2. The minimum Gasteiger partial charge on any atom is -0.366 e. The van der Waals surface area contributed by atoms with E-state index in [1.54, 1.807) is 0 Å². The van der Waals surface area contributed by atoms with Crippen LogP contribution in [0.2, 0.25) is 5.02 Å². The number of anilines is 1. The molecule has 0 saturated heterocycles. The maximum Gasteiger partial charge on any atom is 0.0639 e. The van der Waals surface area contributed by atoms with Crippen molar-refractivity contribution in [3.05, 3.63) is 51.2 Å². The first-order chi connectivity index (χ1) is 7.84. The lowest BCUT2D eigenvalue weighted by molar-refractivity contribution is 0.744. The van der Waals surface area contributed by atoms with Crippen molar-refractivity contribution in [3.8, 4) is 0 Å². The molecule has 1 aliphatic rings. The topological polar surface area (TPSA) is 3.24 Å². The van der Waals surface area contributed by atoms with Gasteiger partial charge < -0.3 is 4.90 Å². The van der Waals surface area contributed by atoms with E-state index in [1.807, 2.05) is 29.5 Å². The van der Waals surface area contributed by atoms with Gasteiger partial charge in [0, 0.05) is 18.0 Å². The number of halogens is 2. The SMILES string of the molecule is Cl.Clc1ccccc1N1CCc2sccc2C1. The number of hydrogen-bond donors (Lipinski definition) is 0. The van der Waals surface area contributed by atoms with Crippen molar-refractivity contribution >= 4 is 41.0 Å². The molecule has 1 nitrogen and oxygen atoms in total. The van der Waals surface area contributed by atoms with Gasteiger partial charge in [0.1, 0.15) is 0 Å². The number of fused-ring (bicyclic) bond motifs is 1. The fourth-order valence-electron chi connectivity index (χ4n) is 2.16. The molecule has 4 heteroatoms. The van der Waals surface area contributed by atoms with Gasteiger partial charge in [-0.3, -0.25) is 0 Å². The summed E-state index contributed by atoms with van der Waals surface area (Å²) >= 11 is 8.09. The number of para-hydroxylation sites is 1. The molecule has 2 heterocycles. The third-order valence-corrected chi connectivity index (χ3v) is 4.34. The predicted molar refractivity (Wildman–Crippen MR) is 77.8 cm³/mol. The van der Waals surface area contributed by atoms with Gasteiger partial charge in [-0.15, -0.1) is 23.7 Å². The van der Waals surface area contributed by atoms with Gasteiger partial charge in [-0.1, -0.05) is 23.7 Å². The lowest BCUT2D eigenvalue weighted by Crippen LogP contribution is -2.29. The molecule has 0 amide bonds. The second kappa shape index (κ2) is 5.30. The van der Waals surface area contributed by atoms with Crippen LogP contribution in [0, 0.1) is 0 Å². The third kappa shape index (κ3) is 2.44. The Morgan fingerprint density at radius 1 is 1.18 bits per heavy atom. The van der Waals surface area contributed by atoms with Crippen LogP contribution < -0.4 is 4.90 Å².